The van der Waals surface area contributed by atoms with Crippen LogP contribution in [0.4, 0.5) is 4.39 Å². The van der Waals surface area contributed by atoms with E-state index < -0.39 is 5.82 Å². The number of carbonyl (C=O) groups is 1. The lowest BCUT2D eigenvalue weighted by Gasteiger charge is -2.09. The topological polar surface area (TPSA) is 48.4 Å². The summed E-state index contributed by atoms with van der Waals surface area (Å²) >= 11 is 3.05. The lowest BCUT2D eigenvalue weighted by Crippen LogP contribution is -2.09. The van der Waals surface area contributed by atoms with Crippen molar-refractivity contribution >= 4 is 21.7 Å². The quantitative estimate of drug-likeness (QED) is 0.620. The number of pyridine rings is 1. The Morgan fingerprint density at radius 3 is 2.90 bits per heavy atom. The maximum Gasteiger partial charge on any atom is 0.215 e. The van der Waals surface area contributed by atoms with E-state index in [1.54, 1.807) is 12.1 Å². The van der Waals surface area contributed by atoms with E-state index in [-0.39, 0.29) is 22.7 Å². The molecule has 2 aromatic rings. The van der Waals surface area contributed by atoms with Gasteiger partial charge in [0.25, 0.3) is 0 Å². The molecule has 0 saturated heterocycles. The average Bonchev–Trinajstić information content (AvgIpc) is 2.47. The molecule has 0 saturated carbocycles. The zero-order valence-electron chi connectivity index (χ0n) is 10.6. The number of halogens is 2. The van der Waals surface area contributed by atoms with Gasteiger partial charge in [-0.1, -0.05) is 0 Å². The van der Waals surface area contributed by atoms with Crippen molar-refractivity contribution in [3.63, 3.8) is 0 Å². The van der Waals surface area contributed by atoms with Crippen LogP contribution in [-0.2, 0) is 4.74 Å². The predicted octanol–water partition coefficient (Wildman–Crippen LogP) is 3.20. The molecule has 0 amide bonds. The van der Waals surface area contributed by atoms with Crippen LogP contribution in [0, 0.1) is 5.82 Å². The maximum absolute atomic E-state index is 13.2. The first-order valence-corrected chi connectivity index (χ1v) is 6.49. The van der Waals surface area contributed by atoms with Gasteiger partial charge in [0.2, 0.25) is 5.78 Å². The van der Waals surface area contributed by atoms with E-state index in [1.165, 1.54) is 31.5 Å². The van der Waals surface area contributed by atoms with Gasteiger partial charge in [0, 0.05) is 18.9 Å². The van der Waals surface area contributed by atoms with Crippen LogP contribution in [-0.4, -0.2) is 24.7 Å². The number of carbonyl (C=O) groups excluding carboxylic acids is 1. The molecule has 0 atom stereocenters. The van der Waals surface area contributed by atoms with Gasteiger partial charge in [0.05, 0.1) is 4.47 Å². The van der Waals surface area contributed by atoms with Crippen LogP contribution in [0.5, 0.6) is 5.75 Å². The first kappa shape index (κ1) is 14.6. The maximum atomic E-state index is 13.2. The zero-order chi connectivity index (χ0) is 14.5. The van der Waals surface area contributed by atoms with Crippen molar-refractivity contribution in [3.8, 4) is 5.75 Å². The highest BCUT2D eigenvalue weighted by Crippen LogP contribution is 2.22. The van der Waals surface area contributed by atoms with Crippen LogP contribution in [0.25, 0.3) is 0 Å². The number of hydrogen-bond donors (Lipinski definition) is 0. The Hall–Kier alpha value is -1.79. The fourth-order valence-corrected chi connectivity index (χ4v) is 1.95. The molecule has 0 aliphatic heterocycles. The van der Waals surface area contributed by atoms with E-state index in [0.717, 1.165) is 0 Å². The minimum Gasteiger partial charge on any atom is -0.465 e. The van der Waals surface area contributed by atoms with Gasteiger partial charge in [-0.2, -0.15) is 0 Å². The van der Waals surface area contributed by atoms with E-state index in [4.69, 9.17) is 9.47 Å². The van der Waals surface area contributed by atoms with Gasteiger partial charge in [-0.05, 0) is 46.3 Å². The number of hydrogen-bond acceptors (Lipinski definition) is 4. The Labute approximate surface area is 123 Å². The highest BCUT2D eigenvalue weighted by atomic mass is 79.9. The molecule has 104 valence electrons. The molecular formula is C14H11BrFNO3. The van der Waals surface area contributed by atoms with E-state index in [0.29, 0.717) is 11.3 Å². The van der Waals surface area contributed by atoms with Crippen LogP contribution in [0.15, 0.2) is 41.0 Å². The largest absolute Gasteiger partial charge is 0.465 e. The van der Waals surface area contributed by atoms with E-state index in [2.05, 4.69) is 20.9 Å². The summed E-state index contributed by atoms with van der Waals surface area (Å²) < 4.78 is 23.5. The molecule has 0 aliphatic rings. The molecule has 20 heavy (non-hydrogen) atoms. The summed E-state index contributed by atoms with van der Waals surface area (Å²) in [5, 5.41) is 0. The third kappa shape index (κ3) is 3.20. The number of aromatic nitrogens is 1. The van der Waals surface area contributed by atoms with Crippen LogP contribution < -0.4 is 4.74 Å². The molecule has 2 rings (SSSR count). The molecule has 6 heteroatoms. The Morgan fingerprint density at radius 1 is 1.40 bits per heavy atom. The monoisotopic (exact) mass is 339 g/mol. The van der Waals surface area contributed by atoms with E-state index >= 15 is 0 Å². The van der Waals surface area contributed by atoms with Crippen molar-refractivity contribution in [3.05, 3.63) is 58.1 Å². The molecule has 1 aromatic heterocycles. The third-order valence-electron chi connectivity index (χ3n) is 2.50. The SMILES string of the molecule is COCOc1cccnc1C(=O)c1ccc(F)c(Br)c1. The Bertz CT molecular complexity index is 634. The van der Waals surface area contributed by atoms with Gasteiger partial charge in [-0.3, -0.25) is 4.79 Å². The molecule has 1 aromatic carbocycles. The Balaban J connectivity index is 2.35. The van der Waals surface area contributed by atoms with Crippen LogP contribution in [0.3, 0.4) is 0 Å². The molecule has 0 bridgehead atoms. The van der Waals surface area contributed by atoms with Crippen LogP contribution in [0.1, 0.15) is 16.1 Å². The summed E-state index contributed by atoms with van der Waals surface area (Å²) in [6, 6.07) is 7.31. The lowest BCUT2D eigenvalue weighted by atomic mass is 10.1. The Morgan fingerprint density at radius 2 is 2.20 bits per heavy atom. The van der Waals surface area contributed by atoms with Crippen molar-refractivity contribution in [1.29, 1.82) is 0 Å². The summed E-state index contributed by atoms with van der Waals surface area (Å²) in [6.45, 7) is 0.0130. The van der Waals surface area contributed by atoms with Gasteiger partial charge < -0.3 is 9.47 Å². The van der Waals surface area contributed by atoms with Crippen LogP contribution >= 0.6 is 15.9 Å². The second-order valence-electron chi connectivity index (χ2n) is 3.86. The fraction of sp³-hybridized carbons (Fsp3) is 0.143. The minimum atomic E-state index is -0.432. The van der Waals surface area contributed by atoms with Gasteiger partial charge >= 0.3 is 0 Å². The standard InChI is InChI=1S/C14H11BrFNO3/c1-19-8-20-12-3-2-6-17-13(12)14(18)9-4-5-11(16)10(15)7-9/h2-7H,8H2,1H3. The van der Waals surface area contributed by atoms with E-state index in [1.807, 2.05) is 0 Å². The summed E-state index contributed by atoms with van der Waals surface area (Å²) in [6.07, 6.45) is 1.49. The number of rotatable bonds is 5. The highest BCUT2D eigenvalue weighted by Gasteiger charge is 2.17. The first-order valence-electron chi connectivity index (χ1n) is 5.70. The van der Waals surface area contributed by atoms with Gasteiger partial charge in [0.15, 0.2) is 18.2 Å². The molecule has 0 spiro atoms. The van der Waals surface area contributed by atoms with Gasteiger partial charge in [-0.15, -0.1) is 0 Å². The Kier molecular flexibility index (Phi) is 4.81. The molecule has 0 N–H and O–H groups in total. The van der Waals surface area contributed by atoms with Crippen LogP contribution in [0.2, 0.25) is 0 Å². The van der Waals surface area contributed by atoms with Gasteiger partial charge in [-0.25, -0.2) is 9.37 Å². The second kappa shape index (κ2) is 6.58. The second-order valence-corrected chi connectivity index (χ2v) is 4.71. The summed E-state index contributed by atoms with van der Waals surface area (Å²) in [7, 11) is 1.48. The summed E-state index contributed by atoms with van der Waals surface area (Å²) in [5.74, 6) is -0.462. The first-order chi connectivity index (χ1) is 9.63. The lowest BCUT2D eigenvalue weighted by molar-refractivity contribution is 0.0500. The third-order valence-corrected chi connectivity index (χ3v) is 3.11. The number of ketones is 1. The minimum absolute atomic E-state index is 0.0130. The fourth-order valence-electron chi connectivity index (χ4n) is 1.57. The molecular weight excluding hydrogens is 329 g/mol. The zero-order valence-corrected chi connectivity index (χ0v) is 12.2. The number of nitrogens with zero attached hydrogens (tertiary/aromatic N) is 1. The summed E-state index contributed by atoms with van der Waals surface area (Å²) in [5.41, 5.74) is 0.474. The van der Waals surface area contributed by atoms with Crippen molar-refractivity contribution in [1.82, 2.24) is 4.98 Å². The smallest absolute Gasteiger partial charge is 0.215 e. The molecule has 0 fully saturated rings. The van der Waals surface area contributed by atoms with E-state index in [9.17, 15) is 9.18 Å². The summed E-state index contributed by atoms with van der Waals surface area (Å²) in [4.78, 5) is 16.4. The molecule has 4 nitrogen and oxygen atoms in total. The molecule has 0 aliphatic carbocycles. The normalized spacial score (nSPS) is 10.3. The molecule has 0 unspecified atom stereocenters. The predicted molar refractivity (Wildman–Crippen MR) is 74.3 cm³/mol. The van der Waals surface area contributed by atoms with Crippen molar-refractivity contribution in [2.75, 3.05) is 13.9 Å². The number of benzene rings is 1. The van der Waals surface area contributed by atoms with Crippen molar-refractivity contribution in [2.24, 2.45) is 0 Å². The van der Waals surface area contributed by atoms with Crippen molar-refractivity contribution in [2.45, 2.75) is 0 Å². The average molecular weight is 340 g/mol. The number of ether oxygens (including phenoxy) is 2. The highest BCUT2D eigenvalue weighted by molar-refractivity contribution is 9.10. The molecule has 0 radical (unpaired) electrons. The van der Waals surface area contributed by atoms with Gasteiger partial charge in [0.1, 0.15) is 5.82 Å². The number of methoxy groups -OCH3 is 1. The molecule has 1 heterocycles. The van der Waals surface area contributed by atoms with Crippen molar-refractivity contribution < 1.29 is 18.7 Å².